The minimum absolute atomic E-state index is 0.155. The molecule has 3 nitrogen and oxygen atoms in total. The summed E-state index contributed by atoms with van der Waals surface area (Å²) in [5, 5.41) is 9.62. The van der Waals surface area contributed by atoms with Gasteiger partial charge in [-0.3, -0.25) is 0 Å². The van der Waals surface area contributed by atoms with Gasteiger partial charge in [-0.15, -0.1) is 0 Å². The minimum Gasteiger partial charge on any atom is -0.392 e. The van der Waals surface area contributed by atoms with Crippen LogP contribution < -0.4 is 0 Å². The van der Waals surface area contributed by atoms with Crippen LogP contribution >= 0.6 is 22.6 Å². The van der Waals surface area contributed by atoms with Crippen molar-refractivity contribution in [2.75, 3.05) is 24.4 Å². The van der Waals surface area contributed by atoms with Crippen LogP contribution in [0.2, 0.25) is 25.7 Å². The first-order valence-corrected chi connectivity index (χ1v) is 13.5. The quantitative estimate of drug-likeness (QED) is 0.111. The van der Waals surface area contributed by atoms with Crippen molar-refractivity contribution in [1.29, 1.82) is 0 Å². The van der Waals surface area contributed by atoms with Crippen molar-refractivity contribution >= 4 is 30.7 Å². The molecule has 0 aromatic heterocycles. The van der Waals surface area contributed by atoms with E-state index >= 15 is 0 Å². The fraction of sp³-hybridized carbons (Fsp3) is 0.882. The van der Waals surface area contributed by atoms with Gasteiger partial charge in [0.15, 0.2) is 0 Å². The van der Waals surface area contributed by atoms with E-state index in [0.717, 1.165) is 30.3 Å². The van der Waals surface area contributed by atoms with E-state index in [4.69, 9.17) is 9.47 Å². The van der Waals surface area contributed by atoms with E-state index in [9.17, 15) is 5.11 Å². The Hall–Kier alpha value is 0.567. The Kier molecular flexibility index (Phi) is 13.3. The van der Waals surface area contributed by atoms with Gasteiger partial charge in [0.05, 0.1) is 12.7 Å². The monoisotopic (exact) mass is 442 g/mol. The van der Waals surface area contributed by atoms with Crippen LogP contribution in [-0.4, -0.2) is 43.7 Å². The standard InChI is InChI=1S/C17H35IO3Si/c1-15(11-17(19)12-18)7-6-8-16(2)13-21-14-20-9-10-22(3,4)5/h8,15,17,19H,6-7,9-14H2,1-5H3/b16-8+/t15-,17?/m1/s1. The van der Waals surface area contributed by atoms with Crippen molar-refractivity contribution in [2.45, 2.75) is 64.9 Å². The molecule has 0 rings (SSSR count). The Morgan fingerprint density at radius 1 is 1.27 bits per heavy atom. The second-order valence-corrected chi connectivity index (χ2v) is 14.0. The van der Waals surface area contributed by atoms with Crippen LogP contribution in [-0.2, 0) is 9.47 Å². The first-order chi connectivity index (χ1) is 10.2. The Labute approximate surface area is 152 Å². The average molecular weight is 442 g/mol. The Morgan fingerprint density at radius 2 is 1.95 bits per heavy atom. The molecule has 2 atom stereocenters. The molecule has 0 aliphatic rings. The molecule has 0 aromatic rings. The molecule has 0 aromatic carbocycles. The molecule has 0 fully saturated rings. The minimum atomic E-state index is -0.993. The van der Waals surface area contributed by atoms with Gasteiger partial charge in [-0.05, 0) is 38.1 Å². The maximum absolute atomic E-state index is 9.62. The molecule has 0 amide bonds. The predicted octanol–water partition coefficient (Wildman–Crippen LogP) is 4.86. The van der Waals surface area contributed by atoms with Gasteiger partial charge in [0.2, 0.25) is 0 Å². The lowest BCUT2D eigenvalue weighted by Crippen LogP contribution is -2.22. The number of aliphatic hydroxyl groups is 1. The zero-order chi connectivity index (χ0) is 17.0. The molecule has 5 heteroatoms. The van der Waals surface area contributed by atoms with Gasteiger partial charge in [0.25, 0.3) is 0 Å². The summed E-state index contributed by atoms with van der Waals surface area (Å²) in [6.45, 7) is 13.2. The molecule has 0 saturated heterocycles. The molecule has 1 N–H and O–H groups in total. The van der Waals surface area contributed by atoms with Crippen LogP contribution in [0.4, 0.5) is 0 Å². The van der Waals surface area contributed by atoms with Crippen molar-refractivity contribution in [1.82, 2.24) is 0 Å². The highest BCUT2D eigenvalue weighted by Crippen LogP contribution is 2.15. The molecule has 0 saturated carbocycles. The summed E-state index contributed by atoms with van der Waals surface area (Å²) in [6.07, 6.45) is 5.17. The van der Waals surface area contributed by atoms with Crippen LogP contribution in [0.1, 0.15) is 33.1 Å². The number of alkyl halides is 1. The van der Waals surface area contributed by atoms with E-state index in [0.29, 0.717) is 19.3 Å². The summed E-state index contributed by atoms with van der Waals surface area (Å²) in [6, 6.07) is 1.19. The van der Waals surface area contributed by atoms with Gasteiger partial charge in [0.1, 0.15) is 6.79 Å². The number of ether oxygens (including phenoxy) is 2. The third-order valence-electron chi connectivity index (χ3n) is 3.50. The van der Waals surface area contributed by atoms with Gasteiger partial charge < -0.3 is 14.6 Å². The number of aliphatic hydroxyl groups excluding tert-OH is 1. The second kappa shape index (κ2) is 12.9. The molecular formula is C17H35IO3Si. The molecule has 0 aliphatic heterocycles. The molecule has 0 bridgehead atoms. The van der Waals surface area contributed by atoms with Crippen LogP contribution in [0.5, 0.6) is 0 Å². The molecule has 0 heterocycles. The number of hydrogen-bond acceptors (Lipinski definition) is 3. The normalized spacial score (nSPS) is 15.9. The van der Waals surface area contributed by atoms with E-state index < -0.39 is 8.07 Å². The van der Waals surface area contributed by atoms with Crippen molar-refractivity contribution in [2.24, 2.45) is 5.92 Å². The summed E-state index contributed by atoms with van der Waals surface area (Å²) >= 11 is 2.24. The van der Waals surface area contributed by atoms with Crippen molar-refractivity contribution in [3.05, 3.63) is 11.6 Å². The topological polar surface area (TPSA) is 38.7 Å². The van der Waals surface area contributed by atoms with Crippen LogP contribution in [0, 0.1) is 5.92 Å². The van der Waals surface area contributed by atoms with E-state index in [2.05, 4.69) is 62.2 Å². The van der Waals surface area contributed by atoms with Gasteiger partial charge in [-0.1, -0.05) is 60.8 Å². The number of allylic oxidation sites excluding steroid dienone is 1. The summed E-state index contributed by atoms with van der Waals surface area (Å²) in [5.74, 6) is 0.569. The fourth-order valence-corrected chi connectivity index (χ4v) is 3.13. The first kappa shape index (κ1) is 22.6. The lowest BCUT2D eigenvalue weighted by molar-refractivity contribution is -0.0413. The van der Waals surface area contributed by atoms with Gasteiger partial charge in [-0.2, -0.15) is 0 Å². The Balaban J connectivity index is 3.61. The van der Waals surface area contributed by atoms with E-state index in [1.165, 1.54) is 11.6 Å². The zero-order valence-corrected chi connectivity index (χ0v) is 18.2. The number of hydrogen-bond donors (Lipinski definition) is 1. The summed E-state index contributed by atoms with van der Waals surface area (Å²) in [5.41, 5.74) is 1.26. The highest BCUT2D eigenvalue weighted by Gasteiger charge is 2.11. The van der Waals surface area contributed by atoms with Crippen molar-refractivity contribution in [3.63, 3.8) is 0 Å². The highest BCUT2D eigenvalue weighted by atomic mass is 127. The molecule has 132 valence electrons. The van der Waals surface area contributed by atoms with Crippen molar-refractivity contribution < 1.29 is 14.6 Å². The lowest BCUT2D eigenvalue weighted by atomic mass is 9.98. The SMILES string of the molecule is C/C(=C\CC[C@@H](C)CC(O)CI)COCOCC[Si](C)(C)C. The summed E-state index contributed by atoms with van der Waals surface area (Å²) < 4.78 is 11.9. The predicted molar refractivity (Wildman–Crippen MR) is 107 cm³/mol. The second-order valence-electron chi connectivity index (χ2n) is 7.46. The van der Waals surface area contributed by atoms with E-state index in [-0.39, 0.29) is 6.10 Å². The highest BCUT2D eigenvalue weighted by molar-refractivity contribution is 14.1. The van der Waals surface area contributed by atoms with E-state index in [1.807, 2.05) is 0 Å². The zero-order valence-electron chi connectivity index (χ0n) is 15.0. The molecule has 22 heavy (non-hydrogen) atoms. The molecule has 0 spiro atoms. The van der Waals surface area contributed by atoms with Gasteiger partial charge in [0, 0.05) is 19.1 Å². The third kappa shape index (κ3) is 15.5. The molecule has 0 aliphatic carbocycles. The van der Waals surface area contributed by atoms with Crippen LogP contribution in [0.15, 0.2) is 11.6 Å². The smallest absolute Gasteiger partial charge is 0.147 e. The Morgan fingerprint density at radius 3 is 2.55 bits per heavy atom. The third-order valence-corrected chi connectivity index (χ3v) is 6.22. The molecule has 1 unspecified atom stereocenters. The first-order valence-electron chi connectivity index (χ1n) is 8.29. The number of halogens is 1. The van der Waals surface area contributed by atoms with Crippen LogP contribution in [0.25, 0.3) is 0 Å². The summed E-state index contributed by atoms with van der Waals surface area (Å²) in [4.78, 5) is 0. The van der Waals surface area contributed by atoms with Crippen molar-refractivity contribution in [3.8, 4) is 0 Å². The fourth-order valence-electron chi connectivity index (χ4n) is 2.02. The molecule has 0 radical (unpaired) electrons. The Bertz CT molecular complexity index is 303. The average Bonchev–Trinajstić information content (AvgIpc) is 2.41. The van der Waals surface area contributed by atoms with Crippen LogP contribution in [0.3, 0.4) is 0 Å². The van der Waals surface area contributed by atoms with Gasteiger partial charge >= 0.3 is 0 Å². The van der Waals surface area contributed by atoms with Gasteiger partial charge in [-0.25, -0.2) is 0 Å². The lowest BCUT2D eigenvalue weighted by Gasteiger charge is -2.15. The maximum atomic E-state index is 9.62. The largest absolute Gasteiger partial charge is 0.392 e. The number of rotatable bonds is 13. The maximum Gasteiger partial charge on any atom is 0.147 e. The molecular weight excluding hydrogens is 407 g/mol. The summed E-state index contributed by atoms with van der Waals surface area (Å²) in [7, 11) is -0.993. The van der Waals surface area contributed by atoms with E-state index in [1.54, 1.807) is 0 Å².